The Hall–Kier alpha value is -2.56. The number of nitrogens with one attached hydrogen (secondary N) is 4. The molecule has 0 aromatic heterocycles. The molecular formula is C26H44N4O15. The third kappa shape index (κ3) is 8.83. The van der Waals surface area contributed by atoms with Crippen molar-refractivity contribution in [3.05, 3.63) is 0 Å². The number of amides is 4. The van der Waals surface area contributed by atoms with Gasteiger partial charge in [-0.15, -0.1) is 0 Å². The van der Waals surface area contributed by atoms with E-state index < -0.39 is 129 Å². The molecule has 0 bridgehead atoms. The molecule has 15 atom stereocenters. The Morgan fingerprint density at radius 1 is 0.578 bits per heavy atom. The Labute approximate surface area is 258 Å². The van der Waals surface area contributed by atoms with Crippen LogP contribution in [0.25, 0.3) is 0 Å². The Kier molecular flexibility index (Phi) is 13.0. The normalized spacial score (nSPS) is 41.9. The standard InChI is InChI=1S/C26H44N4O15/c1-8-15(27-9(2)33)20(38)16(28-10(3)34)25(41-8)44-22-14(7-32)43-26(17(21(22)39)29-11(4)35)45-23-18(30-12(5)36)24(40)42-13(6-31)19(23)37/h8,13-26,31-32,37-40H,6-7H2,1-5H3,(H,27,33)(H,28,34)(H,29,35)(H,30,36)/t8-,13-,14-,15+,16-,17-,18-,19+,20+,21-,22+,23-,24?,25-,26-/m1/s1. The predicted molar refractivity (Wildman–Crippen MR) is 146 cm³/mol. The van der Waals surface area contributed by atoms with Crippen LogP contribution < -0.4 is 21.3 Å². The first-order chi connectivity index (χ1) is 21.1. The van der Waals surface area contributed by atoms with E-state index in [2.05, 4.69) is 21.3 Å². The molecule has 3 saturated heterocycles. The highest BCUT2D eigenvalue weighted by atomic mass is 16.7. The van der Waals surface area contributed by atoms with E-state index in [1.807, 2.05) is 0 Å². The van der Waals surface area contributed by atoms with Gasteiger partial charge in [0.1, 0.15) is 60.9 Å². The number of carbonyl (C=O) groups is 4. The maximum Gasteiger partial charge on any atom is 0.217 e. The largest absolute Gasteiger partial charge is 0.394 e. The van der Waals surface area contributed by atoms with Crippen molar-refractivity contribution in [1.82, 2.24) is 21.3 Å². The molecule has 10 N–H and O–H groups in total. The third-order valence-electron chi connectivity index (χ3n) is 7.67. The van der Waals surface area contributed by atoms with Crippen LogP contribution in [0.1, 0.15) is 34.6 Å². The first-order valence-corrected chi connectivity index (χ1v) is 14.4. The van der Waals surface area contributed by atoms with Gasteiger partial charge >= 0.3 is 0 Å². The van der Waals surface area contributed by atoms with Crippen LogP contribution in [0.15, 0.2) is 0 Å². The maximum atomic E-state index is 12.2. The van der Waals surface area contributed by atoms with Gasteiger partial charge in [0.2, 0.25) is 23.6 Å². The van der Waals surface area contributed by atoms with Crippen LogP contribution in [0.5, 0.6) is 0 Å². The van der Waals surface area contributed by atoms with Crippen molar-refractivity contribution in [1.29, 1.82) is 0 Å². The first kappa shape index (κ1) is 36.9. The summed E-state index contributed by atoms with van der Waals surface area (Å²) in [5, 5.41) is 73.6. The van der Waals surface area contributed by atoms with E-state index in [-0.39, 0.29) is 0 Å². The summed E-state index contributed by atoms with van der Waals surface area (Å²) >= 11 is 0. The summed E-state index contributed by atoms with van der Waals surface area (Å²) in [4.78, 5) is 47.7. The molecule has 0 radical (unpaired) electrons. The number of ether oxygens (including phenoxy) is 5. The van der Waals surface area contributed by atoms with E-state index in [0.717, 1.165) is 13.8 Å². The summed E-state index contributed by atoms with van der Waals surface area (Å²) in [5.41, 5.74) is 0. The van der Waals surface area contributed by atoms with Gasteiger partial charge in [-0.3, -0.25) is 19.2 Å². The molecule has 258 valence electrons. The highest BCUT2D eigenvalue weighted by Crippen LogP contribution is 2.32. The number of aliphatic hydroxyl groups excluding tert-OH is 6. The number of hydrogen-bond donors (Lipinski definition) is 10. The number of rotatable bonds is 10. The molecule has 3 rings (SSSR count). The van der Waals surface area contributed by atoms with Gasteiger partial charge < -0.3 is 75.6 Å². The number of aliphatic hydroxyl groups is 6. The summed E-state index contributed by atoms with van der Waals surface area (Å²) in [6.07, 6.45) is -16.3. The molecule has 3 fully saturated rings. The molecule has 1 unspecified atom stereocenters. The molecule has 45 heavy (non-hydrogen) atoms. The molecule has 4 amide bonds. The topological polar surface area (TPSA) is 284 Å². The quantitative estimate of drug-likeness (QED) is 0.105. The van der Waals surface area contributed by atoms with Gasteiger partial charge in [-0.25, -0.2) is 0 Å². The van der Waals surface area contributed by atoms with Crippen molar-refractivity contribution >= 4 is 23.6 Å². The van der Waals surface area contributed by atoms with Crippen molar-refractivity contribution in [3.63, 3.8) is 0 Å². The molecule has 3 aliphatic rings. The Bertz CT molecular complexity index is 1050. The van der Waals surface area contributed by atoms with E-state index in [4.69, 9.17) is 23.7 Å². The summed E-state index contributed by atoms with van der Waals surface area (Å²) < 4.78 is 28.9. The molecular weight excluding hydrogens is 608 g/mol. The fourth-order valence-corrected chi connectivity index (χ4v) is 5.67. The van der Waals surface area contributed by atoms with E-state index in [0.29, 0.717) is 0 Å². The molecule has 19 heteroatoms. The highest BCUT2D eigenvalue weighted by molar-refractivity contribution is 5.74. The fourth-order valence-electron chi connectivity index (χ4n) is 5.67. The molecule has 0 aromatic rings. The molecule has 3 heterocycles. The molecule has 0 spiro atoms. The average Bonchev–Trinajstić information content (AvgIpc) is 2.94. The van der Waals surface area contributed by atoms with E-state index in [9.17, 15) is 49.8 Å². The Balaban J connectivity index is 1.91. The Morgan fingerprint density at radius 2 is 1.02 bits per heavy atom. The van der Waals surface area contributed by atoms with Crippen LogP contribution in [-0.4, -0.2) is 159 Å². The van der Waals surface area contributed by atoms with Gasteiger partial charge in [-0.1, -0.05) is 0 Å². The van der Waals surface area contributed by atoms with Crippen LogP contribution >= 0.6 is 0 Å². The zero-order chi connectivity index (χ0) is 33.7. The van der Waals surface area contributed by atoms with E-state index >= 15 is 0 Å². The van der Waals surface area contributed by atoms with Crippen LogP contribution in [0.4, 0.5) is 0 Å². The van der Waals surface area contributed by atoms with Gasteiger partial charge in [0.25, 0.3) is 0 Å². The van der Waals surface area contributed by atoms with Gasteiger partial charge in [-0.2, -0.15) is 0 Å². The van der Waals surface area contributed by atoms with E-state index in [1.54, 1.807) is 0 Å². The first-order valence-electron chi connectivity index (χ1n) is 14.4. The van der Waals surface area contributed by atoms with Crippen molar-refractivity contribution < 1.29 is 73.5 Å². The number of carbonyl (C=O) groups excluding carboxylic acids is 4. The average molecular weight is 653 g/mol. The molecule has 3 aliphatic heterocycles. The minimum atomic E-state index is -1.75. The minimum Gasteiger partial charge on any atom is -0.394 e. The molecule has 0 aromatic carbocycles. The highest BCUT2D eigenvalue weighted by Gasteiger charge is 2.54. The fraction of sp³-hybridized carbons (Fsp3) is 0.846. The van der Waals surface area contributed by atoms with Crippen molar-refractivity contribution in [3.8, 4) is 0 Å². The van der Waals surface area contributed by atoms with Gasteiger partial charge in [0.15, 0.2) is 18.9 Å². The second-order valence-electron chi connectivity index (χ2n) is 11.3. The number of hydrogen-bond acceptors (Lipinski definition) is 15. The Morgan fingerprint density at radius 3 is 1.53 bits per heavy atom. The van der Waals surface area contributed by atoms with Crippen LogP contribution in [0.3, 0.4) is 0 Å². The lowest BCUT2D eigenvalue weighted by atomic mass is 9.93. The predicted octanol–water partition coefficient (Wildman–Crippen LogP) is -5.97. The van der Waals surface area contributed by atoms with Crippen LogP contribution in [-0.2, 0) is 42.9 Å². The van der Waals surface area contributed by atoms with Crippen LogP contribution in [0.2, 0.25) is 0 Å². The summed E-state index contributed by atoms with van der Waals surface area (Å²) in [6.45, 7) is 4.67. The molecule has 0 aliphatic carbocycles. The third-order valence-corrected chi connectivity index (χ3v) is 7.67. The lowest BCUT2D eigenvalue weighted by Gasteiger charge is -2.50. The van der Waals surface area contributed by atoms with Gasteiger partial charge in [-0.05, 0) is 6.92 Å². The zero-order valence-electron chi connectivity index (χ0n) is 25.4. The second-order valence-corrected chi connectivity index (χ2v) is 11.3. The van der Waals surface area contributed by atoms with Gasteiger partial charge in [0, 0.05) is 27.7 Å². The molecule has 19 nitrogen and oxygen atoms in total. The van der Waals surface area contributed by atoms with Crippen molar-refractivity contribution in [2.75, 3.05) is 13.2 Å². The lowest BCUT2D eigenvalue weighted by molar-refractivity contribution is -0.344. The SMILES string of the molecule is CC(=O)N[C@@H]1[C@H](O)[C@@H](NC(C)=O)[C@@H](O[C@@H]2[C@H](O)[C@@H](NC(C)=O)[C@@H](O[C@H]3[C@@H](O)[C@@H](CO)OC(O)[C@@H]3NC(C)=O)O[C@@H]2CO)O[C@@H]1C. The smallest absolute Gasteiger partial charge is 0.217 e. The lowest BCUT2D eigenvalue weighted by Crippen LogP contribution is -2.71. The second kappa shape index (κ2) is 15.8. The van der Waals surface area contributed by atoms with Crippen molar-refractivity contribution in [2.24, 2.45) is 0 Å². The minimum absolute atomic E-state index is 0.468. The van der Waals surface area contributed by atoms with Crippen molar-refractivity contribution in [2.45, 2.75) is 126 Å². The maximum absolute atomic E-state index is 12.2. The van der Waals surface area contributed by atoms with Gasteiger partial charge in [0.05, 0.1) is 25.4 Å². The summed E-state index contributed by atoms with van der Waals surface area (Å²) in [6, 6.07) is -5.09. The van der Waals surface area contributed by atoms with E-state index in [1.165, 1.54) is 20.8 Å². The summed E-state index contributed by atoms with van der Waals surface area (Å²) in [7, 11) is 0. The van der Waals surface area contributed by atoms with Crippen LogP contribution in [0, 0.1) is 0 Å². The monoisotopic (exact) mass is 652 g/mol. The molecule has 0 saturated carbocycles. The zero-order valence-corrected chi connectivity index (χ0v) is 25.4. The summed E-state index contributed by atoms with van der Waals surface area (Å²) in [5.74, 6) is -2.34.